The predicted molar refractivity (Wildman–Crippen MR) is 122 cm³/mol. The number of Topliss-reactive ketones (excluding diaryl/α,β-unsaturated/α-hetero) is 1. The first-order valence-electron chi connectivity index (χ1n) is 9.50. The van der Waals surface area contributed by atoms with Gasteiger partial charge in [0.15, 0.2) is 11.5 Å². The van der Waals surface area contributed by atoms with Gasteiger partial charge in [-0.3, -0.25) is 9.59 Å². The van der Waals surface area contributed by atoms with Gasteiger partial charge >= 0.3 is 5.97 Å². The van der Waals surface area contributed by atoms with E-state index in [9.17, 15) is 14.4 Å². The van der Waals surface area contributed by atoms with Crippen LogP contribution in [0.15, 0.2) is 34.7 Å². The molecule has 1 N–H and O–H groups in total. The fourth-order valence-corrected chi connectivity index (χ4v) is 4.42. The smallest absolute Gasteiger partial charge is 0.341 e. The number of halogens is 2. The number of amides is 1. The van der Waals surface area contributed by atoms with Crippen LogP contribution in [0.2, 0.25) is 10.0 Å². The Kier molecular flexibility index (Phi) is 7.60. The molecule has 3 rings (SSSR count). The summed E-state index contributed by atoms with van der Waals surface area (Å²) in [5.41, 5.74) is 0.618. The fraction of sp³-hybridized carbons (Fsp3) is 0.227. The summed E-state index contributed by atoms with van der Waals surface area (Å²) in [6.45, 7) is 4.91. The van der Waals surface area contributed by atoms with E-state index in [1.54, 1.807) is 38.1 Å². The highest BCUT2D eigenvalue weighted by molar-refractivity contribution is 7.18. The topological polar surface area (TPSA) is 94.8 Å². The number of benzene rings is 1. The van der Waals surface area contributed by atoms with Crippen LogP contribution in [0.25, 0.3) is 0 Å². The molecule has 0 unspecified atom stereocenters. The third-order valence-corrected chi connectivity index (χ3v) is 6.16. The van der Waals surface area contributed by atoms with E-state index < -0.39 is 11.9 Å². The molecule has 1 amide bonds. The summed E-state index contributed by atoms with van der Waals surface area (Å²) in [5, 5.41) is 3.70. The van der Waals surface area contributed by atoms with Gasteiger partial charge in [0.25, 0.3) is 5.91 Å². The van der Waals surface area contributed by atoms with Gasteiger partial charge in [-0.1, -0.05) is 23.2 Å². The Morgan fingerprint density at radius 1 is 1.16 bits per heavy atom. The SMILES string of the molecule is CCOC(=O)c1c(NC(=O)c2ccc(COc3ccc(Cl)cc3Cl)o2)sc(C(C)=O)c1C. The van der Waals surface area contributed by atoms with Crippen LogP contribution in [0.1, 0.15) is 55.8 Å². The van der Waals surface area contributed by atoms with Crippen molar-refractivity contribution in [3.63, 3.8) is 0 Å². The van der Waals surface area contributed by atoms with Gasteiger partial charge in [0, 0.05) is 5.02 Å². The number of thiophene rings is 1. The molecule has 2 aromatic heterocycles. The molecule has 168 valence electrons. The molecule has 0 spiro atoms. The molecule has 3 aromatic rings. The summed E-state index contributed by atoms with van der Waals surface area (Å²) in [4.78, 5) is 37.4. The van der Waals surface area contributed by atoms with E-state index in [1.807, 2.05) is 0 Å². The number of rotatable bonds is 8. The van der Waals surface area contributed by atoms with Crippen LogP contribution in [-0.2, 0) is 11.3 Å². The molecule has 0 saturated heterocycles. The average Bonchev–Trinajstić information content (AvgIpc) is 3.32. The average molecular weight is 496 g/mol. The molecule has 32 heavy (non-hydrogen) atoms. The van der Waals surface area contributed by atoms with Gasteiger partial charge < -0.3 is 19.2 Å². The summed E-state index contributed by atoms with van der Waals surface area (Å²) in [6.07, 6.45) is 0. The lowest BCUT2D eigenvalue weighted by atomic mass is 10.1. The van der Waals surface area contributed by atoms with Gasteiger partial charge in [0.1, 0.15) is 23.1 Å². The quantitative estimate of drug-likeness (QED) is 0.296. The van der Waals surface area contributed by atoms with Gasteiger partial charge in [-0.15, -0.1) is 11.3 Å². The molecule has 0 bridgehead atoms. The second-order valence-electron chi connectivity index (χ2n) is 6.62. The van der Waals surface area contributed by atoms with E-state index in [0.717, 1.165) is 11.3 Å². The van der Waals surface area contributed by atoms with Crippen LogP contribution in [0.4, 0.5) is 5.00 Å². The van der Waals surface area contributed by atoms with Crippen molar-refractivity contribution in [2.75, 3.05) is 11.9 Å². The van der Waals surface area contributed by atoms with E-state index in [-0.39, 0.29) is 35.3 Å². The molecule has 0 saturated carbocycles. The van der Waals surface area contributed by atoms with Crippen molar-refractivity contribution in [3.05, 3.63) is 67.9 Å². The predicted octanol–water partition coefficient (Wildman–Crippen LogP) is 6.17. The highest BCUT2D eigenvalue weighted by atomic mass is 35.5. The lowest BCUT2D eigenvalue weighted by Crippen LogP contribution is -2.14. The maximum absolute atomic E-state index is 12.7. The lowest BCUT2D eigenvalue weighted by Gasteiger charge is -2.07. The Hall–Kier alpha value is -2.81. The van der Waals surface area contributed by atoms with Crippen LogP contribution < -0.4 is 10.1 Å². The second kappa shape index (κ2) is 10.2. The van der Waals surface area contributed by atoms with Gasteiger partial charge in [-0.05, 0) is 56.7 Å². The molecule has 1 aromatic carbocycles. The number of nitrogens with one attached hydrogen (secondary N) is 1. The Balaban J connectivity index is 1.75. The number of hydrogen-bond donors (Lipinski definition) is 1. The number of carbonyl (C=O) groups excluding carboxylic acids is 3. The molecule has 0 aliphatic heterocycles. The summed E-state index contributed by atoms with van der Waals surface area (Å²) >= 11 is 13.0. The lowest BCUT2D eigenvalue weighted by molar-refractivity contribution is 0.0527. The number of carbonyl (C=O) groups is 3. The van der Waals surface area contributed by atoms with Crippen LogP contribution in [0.5, 0.6) is 5.75 Å². The van der Waals surface area contributed by atoms with Crippen molar-refractivity contribution in [1.29, 1.82) is 0 Å². The number of ketones is 1. The van der Waals surface area contributed by atoms with Crippen molar-refractivity contribution in [1.82, 2.24) is 0 Å². The van der Waals surface area contributed by atoms with E-state index in [0.29, 0.717) is 32.0 Å². The van der Waals surface area contributed by atoms with E-state index >= 15 is 0 Å². The summed E-state index contributed by atoms with van der Waals surface area (Å²) in [7, 11) is 0. The van der Waals surface area contributed by atoms with Crippen molar-refractivity contribution < 1.29 is 28.3 Å². The first kappa shape index (κ1) is 23.8. The van der Waals surface area contributed by atoms with Crippen molar-refractivity contribution in [2.45, 2.75) is 27.4 Å². The molecule has 0 aliphatic rings. The minimum atomic E-state index is -0.613. The van der Waals surface area contributed by atoms with Gasteiger partial charge in [0.2, 0.25) is 0 Å². The Morgan fingerprint density at radius 2 is 1.91 bits per heavy atom. The van der Waals surface area contributed by atoms with Crippen molar-refractivity contribution >= 4 is 57.2 Å². The van der Waals surface area contributed by atoms with Crippen molar-refractivity contribution in [2.24, 2.45) is 0 Å². The minimum absolute atomic E-state index is 0.0102. The molecular formula is C22H19Cl2NO6S. The van der Waals surface area contributed by atoms with Crippen molar-refractivity contribution in [3.8, 4) is 5.75 Å². The summed E-state index contributed by atoms with van der Waals surface area (Å²) < 4.78 is 16.2. The molecule has 0 aliphatic carbocycles. The molecule has 0 fully saturated rings. The van der Waals surface area contributed by atoms with Gasteiger partial charge in [-0.2, -0.15) is 0 Å². The number of esters is 1. The summed E-state index contributed by atoms with van der Waals surface area (Å²) in [6, 6.07) is 7.89. The monoisotopic (exact) mass is 495 g/mol. The van der Waals surface area contributed by atoms with Crippen LogP contribution in [-0.4, -0.2) is 24.3 Å². The fourth-order valence-electron chi connectivity index (χ4n) is 2.87. The zero-order chi connectivity index (χ0) is 23.4. The van der Waals surface area contributed by atoms with Crippen LogP contribution in [0.3, 0.4) is 0 Å². The van der Waals surface area contributed by atoms with Crippen LogP contribution >= 0.6 is 34.5 Å². The Bertz CT molecular complexity index is 1180. The second-order valence-corrected chi connectivity index (χ2v) is 8.48. The van der Waals surface area contributed by atoms with Crippen LogP contribution in [0, 0.1) is 6.92 Å². The number of ether oxygens (including phenoxy) is 2. The maximum Gasteiger partial charge on any atom is 0.341 e. The molecular weight excluding hydrogens is 477 g/mol. The largest absolute Gasteiger partial charge is 0.484 e. The van der Waals surface area contributed by atoms with E-state index in [2.05, 4.69) is 5.32 Å². The summed E-state index contributed by atoms with van der Waals surface area (Å²) in [5.74, 6) is -0.588. The van der Waals surface area contributed by atoms with Gasteiger partial charge in [0.05, 0.1) is 22.1 Å². The normalized spacial score (nSPS) is 10.7. The molecule has 2 heterocycles. The Labute approximate surface area is 198 Å². The molecule has 0 atom stereocenters. The first-order chi connectivity index (χ1) is 15.2. The number of anilines is 1. The number of furan rings is 1. The number of hydrogen-bond acceptors (Lipinski definition) is 7. The molecule has 0 radical (unpaired) electrons. The van der Waals surface area contributed by atoms with E-state index in [1.165, 1.54) is 13.0 Å². The standard InChI is InChI=1S/C22H19Cl2NO6S/c1-4-29-22(28)18-11(2)19(12(3)26)32-21(18)25-20(27)17-8-6-14(31-17)10-30-16-7-5-13(23)9-15(16)24/h5-9H,4,10H2,1-3H3,(H,25,27). The maximum atomic E-state index is 12.7. The third-order valence-electron chi connectivity index (χ3n) is 4.32. The van der Waals surface area contributed by atoms with Gasteiger partial charge in [-0.25, -0.2) is 4.79 Å². The zero-order valence-corrected chi connectivity index (χ0v) is 19.7. The first-order valence-corrected chi connectivity index (χ1v) is 11.1. The Morgan fingerprint density at radius 3 is 2.56 bits per heavy atom. The highest BCUT2D eigenvalue weighted by Gasteiger charge is 2.26. The third kappa shape index (κ3) is 5.32. The van der Waals surface area contributed by atoms with E-state index in [4.69, 9.17) is 37.1 Å². The highest BCUT2D eigenvalue weighted by Crippen LogP contribution is 2.34. The molecule has 7 nitrogen and oxygen atoms in total. The zero-order valence-electron chi connectivity index (χ0n) is 17.4. The minimum Gasteiger partial charge on any atom is -0.484 e. The molecule has 10 heteroatoms.